The van der Waals surface area contributed by atoms with Crippen LogP contribution in [0.15, 0.2) is 24.3 Å². The van der Waals surface area contributed by atoms with Crippen LogP contribution in [0.2, 0.25) is 0 Å². The first-order valence-corrected chi connectivity index (χ1v) is 19.7. The number of aliphatic hydroxyl groups is 1. The molecule has 1 amide bonds. The summed E-state index contributed by atoms with van der Waals surface area (Å²) in [6, 6.07) is -0.761. The number of carbonyl (C=O) groups excluding carboxylic acids is 1. The molecule has 0 bridgehead atoms. The highest BCUT2D eigenvalue weighted by Gasteiger charge is 2.28. The first-order valence-electron chi connectivity index (χ1n) is 18.2. The van der Waals surface area contributed by atoms with E-state index in [1.165, 1.54) is 57.8 Å². The van der Waals surface area contributed by atoms with Gasteiger partial charge in [-0.15, -0.1) is 0 Å². The fourth-order valence-corrected chi connectivity index (χ4v) is 5.69. The molecule has 3 atom stereocenters. The number of allylic oxidation sites excluding steroid dienone is 4. The monoisotopic (exact) mass is 660 g/mol. The molecule has 3 N–H and O–H groups in total. The SMILES string of the molecule is CCCCCC/C=C\C/C=C\CCCCCCCC(=O)NC(COP(=O)(O)OCC[N+](C)(C)C)C(O)CCCCCCCCC. The van der Waals surface area contributed by atoms with E-state index in [2.05, 4.69) is 43.5 Å². The maximum absolute atomic E-state index is 12.7. The lowest BCUT2D eigenvalue weighted by atomic mass is 10.0. The normalized spacial score (nSPS) is 15.1. The molecule has 0 rings (SSSR count). The molecule has 0 aromatic rings. The number of phosphoric ester groups is 1. The lowest BCUT2D eigenvalue weighted by molar-refractivity contribution is -0.870. The van der Waals surface area contributed by atoms with Gasteiger partial charge in [-0.2, -0.15) is 0 Å². The number of unbranched alkanes of at least 4 members (excludes halogenated alkanes) is 15. The predicted molar refractivity (Wildman–Crippen MR) is 189 cm³/mol. The molecule has 0 aliphatic carbocycles. The Kier molecular flexibility index (Phi) is 28.5. The van der Waals surface area contributed by atoms with Crippen LogP contribution in [0.25, 0.3) is 0 Å². The van der Waals surface area contributed by atoms with Gasteiger partial charge in [0.1, 0.15) is 13.2 Å². The molecular formula is C36H72N2O6P+. The minimum Gasteiger partial charge on any atom is -0.391 e. The maximum Gasteiger partial charge on any atom is 0.472 e. The van der Waals surface area contributed by atoms with Gasteiger partial charge in [0.2, 0.25) is 5.91 Å². The Morgan fingerprint density at radius 2 is 1.27 bits per heavy atom. The molecule has 0 aliphatic heterocycles. The Morgan fingerprint density at radius 3 is 1.84 bits per heavy atom. The van der Waals surface area contributed by atoms with Crippen molar-refractivity contribution in [3.8, 4) is 0 Å². The summed E-state index contributed by atoms with van der Waals surface area (Å²) in [6.45, 7) is 4.78. The summed E-state index contributed by atoms with van der Waals surface area (Å²) in [5.74, 6) is -0.165. The highest BCUT2D eigenvalue weighted by Crippen LogP contribution is 2.43. The van der Waals surface area contributed by atoms with Crippen molar-refractivity contribution in [2.24, 2.45) is 0 Å². The molecule has 0 aromatic carbocycles. The second-order valence-corrected chi connectivity index (χ2v) is 15.1. The van der Waals surface area contributed by atoms with Crippen LogP contribution in [-0.2, 0) is 18.4 Å². The minimum atomic E-state index is -4.30. The third-order valence-corrected chi connectivity index (χ3v) is 8.94. The van der Waals surface area contributed by atoms with Crippen LogP contribution >= 0.6 is 7.82 Å². The minimum absolute atomic E-state index is 0.0712. The summed E-state index contributed by atoms with van der Waals surface area (Å²) in [5, 5.41) is 13.7. The Balaban J connectivity index is 4.42. The Bertz CT molecular complexity index is 799. The third kappa shape index (κ3) is 31.4. The van der Waals surface area contributed by atoms with Gasteiger partial charge in [0.05, 0.1) is 39.9 Å². The molecule has 0 aromatic heterocycles. The lowest BCUT2D eigenvalue weighted by Crippen LogP contribution is -2.46. The van der Waals surface area contributed by atoms with Crippen molar-refractivity contribution in [2.75, 3.05) is 40.9 Å². The maximum atomic E-state index is 12.7. The number of likely N-dealkylation sites (N-methyl/N-ethyl adjacent to an activating group) is 1. The van der Waals surface area contributed by atoms with E-state index in [0.717, 1.165) is 64.2 Å². The van der Waals surface area contributed by atoms with Crippen LogP contribution in [-0.4, -0.2) is 73.4 Å². The first kappa shape index (κ1) is 44.0. The van der Waals surface area contributed by atoms with Crippen LogP contribution in [0.4, 0.5) is 0 Å². The van der Waals surface area contributed by atoms with Gasteiger partial charge < -0.3 is 19.8 Å². The largest absolute Gasteiger partial charge is 0.472 e. The average Bonchev–Trinajstić information content (AvgIpc) is 2.97. The molecule has 8 nitrogen and oxygen atoms in total. The molecule has 0 saturated carbocycles. The molecule has 0 aliphatic rings. The van der Waals surface area contributed by atoms with Crippen molar-refractivity contribution in [1.29, 1.82) is 0 Å². The molecular weight excluding hydrogens is 587 g/mol. The van der Waals surface area contributed by atoms with Gasteiger partial charge in [-0.25, -0.2) is 4.57 Å². The van der Waals surface area contributed by atoms with E-state index in [1.54, 1.807) is 0 Å². The fourth-order valence-electron chi connectivity index (χ4n) is 4.96. The molecule has 0 saturated heterocycles. The van der Waals surface area contributed by atoms with E-state index in [-0.39, 0.29) is 19.1 Å². The summed E-state index contributed by atoms with van der Waals surface area (Å²) in [4.78, 5) is 22.9. The van der Waals surface area contributed by atoms with E-state index in [0.29, 0.717) is 23.9 Å². The van der Waals surface area contributed by atoms with E-state index in [4.69, 9.17) is 9.05 Å². The van der Waals surface area contributed by atoms with Gasteiger partial charge in [0.15, 0.2) is 0 Å². The number of nitrogens with zero attached hydrogens (tertiary/aromatic N) is 1. The summed E-state index contributed by atoms with van der Waals surface area (Å²) in [7, 11) is 1.60. The number of quaternary nitrogens is 1. The van der Waals surface area contributed by atoms with Crippen molar-refractivity contribution in [3.05, 3.63) is 24.3 Å². The zero-order valence-electron chi connectivity index (χ0n) is 29.9. The average molecular weight is 660 g/mol. The Morgan fingerprint density at radius 1 is 0.756 bits per heavy atom. The molecule has 0 heterocycles. The number of amides is 1. The summed E-state index contributed by atoms with van der Waals surface area (Å²) < 4.78 is 23.4. The predicted octanol–water partition coefficient (Wildman–Crippen LogP) is 9.02. The van der Waals surface area contributed by atoms with Gasteiger partial charge in [-0.05, 0) is 44.9 Å². The second-order valence-electron chi connectivity index (χ2n) is 13.6. The smallest absolute Gasteiger partial charge is 0.391 e. The summed E-state index contributed by atoms with van der Waals surface area (Å²) in [6.07, 6.45) is 30.7. The highest BCUT2D eigenvalue weighted by molar-refractivity contribution is 7.47. The van der Waals surface area contributed by atoms with Crippen molar-refractivity contribution in [2.45, 2.75) is 161 Å². The number of aliphatic hydroxyl groups excluding tert-OH is 1. The molecule has 0 spiro atoms. The standard InChI is InChI=1S/C36H71N2O6P/c1-6-8-10-12-14-15-16-17-18-19-20-21-22-24-26-28-30-36(40)37-34(35(39)29-27-25-23-13-11-9-7-2)33-44-45(41,42)43-32-31-38(3,4)5/h15-16,18-19,34-35,39H,6-14,17,20-33H2,1-5H3,(H-,37,40,41,42)/p+1/b16-15-,19-18-. The molecule has 0 fully saturated rings. The number of phosphoric acid groups is 1. The second kappa shape index (κ2) is 29.1. The third-order valence-electron chi connectivity index (χ3n) is 7.95. The summed E-state index contributed by atoms with van der Waals surface area (Å²) >= 11 is 0. The zero-order chi connectivity index (χ0) is 33.7. The molecule has 9 heteroatoms. The van der Waals surface area contributed by atoms with Crippen LogP contribution in [0.5, 0.6) is 0 Å². The molecule has 3 unspecified atom stereocenters. The first-order chi connectivity index (χ1) is 21.5. The topological polar surface area (TPSA) is 105 Å². The van der Waals surface area contributed by atoms with E-state index >= 15 is 0 Å². The lowest BCUT2D eigenvalue weighted by Gasteiger charge is -2.26. The van der Waals surface area contributed by atoms with Crippen molar-refractivity contribution in [1.82, 2.24) is 5.32 Å². The quantitative estimate of drug-likeness (QED) is 0.0288. The van der Waals surface area contributed by atoms with Gasteiger partial charge in [0.25, 0.3) is 0 Å². The number of carbonyl (C=O) groups is 1. The Labute approximate surface area is 277 Å². The van der Waals surface area contributed by atoms with Crippen molar-refractivity contribution >= 4 is 13.7 Å². The van der Waals surface area contributed by atoms with Crippen LogP contribution < -0.4 is 5.32 Å². The fraction of sp³-hybridized carbons (Fsp3) is 0.861. The van der Waals surface area contributed by atoms with E-state index in [9.17, 15) is 19.4 Å². The molecule has 266 valence electrons. The van der Waals surface area contributed by atoms with Crippen molar-refractivity contribution in [3.63, 3.8) is 0 Å². The van der Waals surface area contributed by atoms with E-state index in [1.807, 2.05) is 21.1 Å². The number of hydrogen-bond donors (Lipinski definition) is 3. The van der Waals surface area contributed by atoms with E-state index < -0.39 is 20.0 Å². The van der Waals surface area contributed by atoms with Crippen LogP contribution in [0.3, 0.4) is 0 Å². The van der Waals surface area contributed by atoms with Gasteiger partial charge in [0, 0.05) is 6.42 Å². The summed E-state index contributed by atoms with van der Waals surface area (Å²) in [5.41, 5.74) is 0. The number of nitrogens with one attached hydrogen (secondary N) is 1. The van der Waals surface area contributed by atoms with Gasteiger partial charge in [-0.1, -0.05) is 122 Å². The van der Waals surface area contributed by atoms with Crippen molar-refractivity contribution < 1.29 is 32.9 Å². The zero-order valence-corrected chi connectivity index (χ0v) is 30.8. The number of hydrogen-bond acceptors (Lipinski definition) is 5. The molecule has 0 radical (unpaired) electrons. The van der Waals surface area contributed by atoms with Gasteiger partial charge in [-0.3, -0.25) is 13.8 Å². The van der Waals surface area contributed by atoms with Crippen LogP contribution in [0, 0.1) is 0 Å². The number of rotatable bonds is 32. The highest BCUT2D eigenvalue weighted by atomic mass is 31.2. The molecule has 45 heavy (non-hydrogen) atoms. The Hall–Kier alpha value is -1.02. The van der Waals surface area contributed by atoms with Crippen LogP contribution in [0.1, 0.15) is 149 Å². The van der Waals surface area contributed by atoms with Gasteiger partial charge >= 0.3 is 7.82 Å².